The Hall–Kier alpha value is -3.35. The topological polar surface area (TPSA) is 80.4 Å². The van der Waals surface area contributed by atoms with Gasteiger partial charge in [0.15, 0.2) is 0 Å². The Morgan fingerprint density at radius 1 is 1.22 bits per heavy atom. The zero-order valence-electron chi connectivity index (χ0n) is 15.6. The average Bonchev–Trinajstić information content (AvgIpc) is 3.30. The predicted molar refractivity (Wildman–Crippen MR) is 102 cm³/mol. The molecule has 0 aliphatic rings. The maximum Gasteiger partial charge on any atom is 0.259 e. The Balaban J connectivity index is 1.65. The van der Waals surface area contributed by atoms with Crippen LogP contribution in [0.5, 0.6) is 0 Å². The van der Waals surface area contributed by atoms with Crippen LogP contribution in [0.3, 0.4) is 0 Å². The second-order valence-corrected chi connectivity index (χ2v) is 6.21. The molecule has 0 radical (unpaired) electrons. The van der Waals surface area contributed by atoms with Gasteiger partial charge in [0.05, 0.1) is 18.4 Å². The molecule has 1 aromatic carbocycles. The minimum absolute atomic E-state index is 0.107. The van der Waals surface area contributed by atoms with Crippen molar-refractivity contribution in [3.05, 3.63) is 71.7 Å². The van der Waals surface area contributed by atoms with E-state index >= 15 is 0 Å². The first-order valence-electron chi connectivity index (χ1n) is 8.70. The lowest BCUT2D eigenvalue weighted by atomic mass is 10.1. The van der Waals surface area contributed by atoms with Crippen LogP contribution >= 0.6 is 0 Å². The molecular formula is C20H22N4O3. The Labute approximate surface area is 157 Å². The average molecular weight is 366 g/mol. The number of aromatic nitrogens is 2. The third kappa shape index (κ3) is 4.08. The number of benzene rings is 1. The van der Waals surface area contributed by atoms with Gasteiger partial charge in [-0.3, -0.25) is 9.59 Å². The third-order valence-electron chi connectivity index (χ3n) is 4.36. The van der Waals surface area contributed by atoms with Crippen molar-refractivity contribution < 1.29 is 14.0 Å². The zero-order chi connectivity index (χ0) is 19.4. The van der Waals surface area contributed by atoms with Crippen LogP contribution in [-0.4, -0.2) is 33.3 Å². The van der Waals surface area contributed by atoms with Gasteiger partial charge in [-0.1, -0.05) is 0 Å². The number of aryl methyl sites for hydroxylation is 2. The van der Waals surface area contributed by atoms with Gasteiger partial charge < -0.3 is 19.2 Å². The van der Waals surface area contributed by atoms with E-state index in [0.29, 0.717) is 29.1 Å². The predicted octanol–water partition coefficient (Wildman–Crippen LogP) is 3.33. The van der Waals surface area contributed by atoms with E-state index in [1.54, 1.807) is 55.4 Å². The lowest BCUT2D eigenvalue weighted by molar-refractivity contribution is 0.0780. The van der Waals surface area contributed by atoms with Crippen LogP contribution in [0, 0.1) is 6.92 Å². The minimum Gasteiger partial charge on any atom is -0.469 e. The number of anilines is 1. The molecule has 2 heterocycles. The molecule has 7 heteroatoms. The van der Waals surface area contributed by atoms with Crippen LogP contribution in [-0.2, 0) is 13.1 Å². The van der Waals surface area contributed by atoms with E-state index in [-0.39, 0.29) is 11.8 Å². The van der Waals surface area contributed by atoms with Crippen molar-refractivity contribution in [2.24, 2.45) is 0 Å². The van der Waals surface area contributed by atoms with Crippen molar-refractivity contribution in [2.45, 2.75) is 26.9 Å². The van der Waals surface area contributed by atoms with Gasteiger partial charge in [-0.05, 0) is 44.2 Å². The quantitative estimate of drug-likeness (QED) is 0.726. The highest BCUT2D eigenvalue weighted by atomic mass is 16.3. The molecule has 0 atom stereocenters. The van der Waals surface area contributed by atoms with Gasteiger partial charge in [-0.2, -0.15) is 0 Å². The summed E-state index contributed by atoms with van der Waals surface area (Å²) in [6, 6.07) is 8.44. The number of amides is 2. The normalized spacial score (nSPS) is 10.6. The molecule has 0 spiro atoms. The molecular weight excluding hydrogens is 344 g/mol. The Morgan fingerprint density at radius 2 is 1.96 bits per heavy atom. The van der Waals surface area contributed by atoms with Crippen molar-refractivity contribution >= 4 is 17.5 Å². The van der Waals surface area contributed by atoms with Gasteiger partial charge in [0.25, 0.3) is 11.8 Å². The fourth-order valence-electron chi connectivity index (χ4n) is 2.80. The standard InChI is InChI=1S/C20H22N4O3/c1-4-24-11-10-21-18(24)13-23(3)20(26)15-5-7-16(8-6-15)22-19(25)17-9-12-27-14(17)2/h5-12H,4,13H2,1-3H3,(H,22,25). The molecule has 0 aliphatic heterocycles. The van der Waals surface area contributed by atoms with Crippen molar-refractivity contribution in [1.29, 1.82) is 0 Å². The summed E-state index contributed by atoms with van der Waals surface area (Å²) in [6.07, 6.45) is 5.11. The van der Waals surface area contributed by atoms with E-state index in [0.717, 1.165) is 12.4 Å². The number of hydrogen-bond acceptors (Lipinski definition) is 4. The number of imidazole rings is 1. The summed E-state index contributed by atoms with van der Waals surface area (Å²) in [6.45, 7) is 5.00. The van der Waals surface area contributed by atoms with Crippen molar-refractivity contribution in [2.75, 3.05) is 12.4 Å². The number of carbonyl (C=O) groups is 2. The Bertz CT molecular complexity index is 940. The molecule has 1 N–H and O–H groups in total. The van der Waals surface area contributed by atoms with Gasteiger partial charge in [0.2, 0.25) is 0 Å². The fourth-order valence-corrected chi connectivity index (χ4v) is 2.80. The molecule has 7 nitrogen and oxygen atoms in total. The molecule has 0 bridgehead atoms. The second kappa shape index (κ2) is 7.90. The SMILES string of the molecule is CCn1ccnc1CN(C)C(=O)c1ccc(NC(=O)c2ccoc2C)cc1. The second-order valence-electron chi connectivity index (χ2n) is 6.21. The van der Waals surface area contributed by atoms with E-state index in [9.17, 15) is 9.59 Å². The molecule has 27 heavy (non-hydrogen) atoms. The van der Waals surface area contributed by atoms with Gasteiger partial charge in [0, 0.05) is 37.2 Å². The maximum atomic E-state index is 12.6. The summed E-state index contributed by atoms with van der Waals surface area (Å²) in [4.78, 5) is 30.7. The first kappa shape index (κ1) is 18.4. The van der Waals surface area contributed by atoms with Crippen LogP contribution in [0.15, 0.2) is 53.4 Å². The number of furan rings is 1. The molecule has 0 saturated heterocycles. The molecule has 0 fully saturated rings. The summed E-state index contributed by atoms with van der Waals surface area (Å²) in [7, 11) is 1.74. The monoisotopic (exact) mass is 366 g/mol. The highest BCUT2D eigenvalue weighted by molar-refractivity contribution is 6.05. The summed E-state index contributed by atoms with van der Waals surface area (Å²) in [5.74, 6) is 1.05. The smallest absolute Gasteiger partial charge is 0.259 e. The number of rotatable bonds is 6. The number of carbonyl (C=O) groups excluding carboxylic acids is 2. The van der Waals surface area contributed by atoms with Crippen molar-refractivity contribution in [1.82, 2.24) is 14.5 Å². The molecule has 2 aromatic heterocycles. The first-order valence-corrected chi connectivity index (χ1v) is 8.70. The van der Waals surface area contributed by atoms with E-state index in [1.165, 1.54) is 6.26 Å². The van der Waals surface area contributed by atoms with E-state index in [4.69, 9.17) is 4.42 Å². The van der Waals surface area contributed by atoms with Gasteiger partial charge in [-0.25, -0.2) is 4.98 Å². The van der Waals surface area contributed by atoms with Gasteiger partial charge >= 0.3 is 0 Å². The van der Waals surface area contributed by atoms with Crippen LogP contribution in [0.2, 0.25) is 0 Å². The van der Waals surface area contributed by atoms with E-state index in [2.05, 4.69) is 10.3 Å². The number of nitrogens with zero attached hydrogens (tertiary/aromatic N) is 3. The Kier molecular flexibility index (Phi) is 5.40. The van der Waals surface area contributed by atoms with Crippen molar-refractivity contribution in [3.8, 4) is 0 Å². The third-order valence-corrected chi connectivity index (χ3v) is 4.36. The fraction of sp³-hybridized carbons (Fsp3) is 0.250. The largest absolute Gasteiger partial charge is 0.469 e. The van der Waals surface area contributed by atoms with Crippen LogP contribution in [0.4, 0.5) is 5.69 Å². The lowest BCUT2D eigenvalue weighted by Gasteiger charge is -2.17. The molecule has 0 saturated carbocycles. The van der Waals surface area contributed by atoms with E-state index < -0.39 is 0 Å². The number of hydrogen-bond donors (Lipinski definition) is 1. The minimum atomic E-state index is -0.246. The highest BCUT2D eigenvalue weighted by Crippen LogP contribution is 2.15. The van der Waals surface area contributed by atoms with Gasteiger partial charge in [-0.15, -0.1) is 0 Å². The van der Waals surface area contributed by atoms with Crippen LogP contribution < -0.4 is 5.32 Å². The van der Waals surface area contributed by atoms with Crippen molar-refractivity contribution in [3.63, 3.8) is 0 Å². The summed E-state index contributed by atoms with van der Waals surface area (Å²) in [5.41, 5.74) is 1.65. The lowest BCUT2D eigenvalue weighted by Crippen LogP contribution is -2.27. The molecule has 3 rings (SSSR count). The Morgan fingerprint density at radius 3 is 2.59 bits per heavy atom. The van der Waals surface area contributed by atoms with Crippen LogP contribution in [0.25, 0.3) is 0 Å². The maximum absolute atomic E-state index is 12.6. The molecule has 3 aromatic rings. The summed E-state index contributed by atoms with van der Waals surface area (Å²) < 4.78 is 7.14. The highest BCUT2D eigenvalue weighted by Gasteiger charge is 2.15. The van der Waals surface area contributed by atoms with Gasteiger partial charge in [0.1, 0.15) is 11.6 Å². The first-order chi connectivity index (χ1) is 13.0. The summed E-state index contributed by atoms with van der Waals surface area (Å²) in [5, 5.41) is 2.79. The van der Waals surface area contributed by atoms with E-state index in [1.807, 2.05) is 17.7 Å². The molecule has 0 aliphatic carbocycles. The zero-order valence-corrected chi connectivity index (χ0v) is 15.6. The molecule has 0 unspecified atom stereocenters. The summed E-state index contributed by atoms with van der Waals surface area (Å²) >= 11 is 0. The molecule has 140 valence electrons. The van der Waals surface area contributed by atoms with Crippen LogP contribution in [0.1, 0.15) is 39.2 Å². The molecule has 2 amide bonds. The number of nitrogens with one attached hydrogen (secondary N) is 1.